The Labute approximate surface area is 133 Å². The highest BCUT2D eigenvalue weighted by atomic mass is 16.5. The first-order chi connectivity index (χ1) is 10.7. The highest BCUT2D eigenvalue weighted by molar-refractivity contribution is 5.45. The largest absolute Gasteiger partial charge is 0.491 e. The maximum atomic E-state index is 5.80. The third kappa shape index (κ3) is 4.45. The highest BCUT2D eigenvalue weighted by Crippen LogP contribution is 2.18. The molecule has 0 spiro atoms. The van der Waals surface area contributed by atoms with Gasteiger partial charge in [-0.15, -0.1) is 0 Å². The first kappa shape index (κ1) is 16.3. The number of ether oxygens (including phenoxy) is 1. The lowest BCUT2D eigenvalue weighted by atomic mass is 10.1. The van der Waals surface area contributed by atoms with Gasteiger partial charge in [-0.05, 0) is 38.3 Å². The van der Waals surface area contributed by atoms with Crippen LogP contribution in [-0.2, 0) is 6.42 Å². The van der Waals surface area contributed by atoms with Crippen LogP contribution in [0.2, 0.25) is 0 Å². The molecule has 0 aliphatic carbocycles. The van der Waals surface area contributed by atoms with Gasteiger partial charge in [0.2, 0.25) is 0 Å². The molecule has 2 rings (SSSR count). The molecule has 0 aliphatic rings. The lowest BCUT2D eigenvalue weighted by molar-refractivity contribution is 0.330. The van der Waals surface area contributed by atoms with Gasteiger partial charge in [0.1, 0.15) is 24.5 Å². The summed E-state index contributed by atoms with van der Waals surface area (Å²) in [7, 11) is 0. The van der Waals surface area contributed by atoms with Crippen molar-refractivity contribution in [2.24, 2.45) is 0 Å². The van der Waals surface area contributed by atoms with E-state index >= 15 is 0 Å². The monoisotopic (exact) mass is 299 g/mol. The number of aryl methyl sites for hydroxylation is 2. The van der Waals surface area contributed by atoms with Crippen molar-refractivity contribution in [1.82, 2.24) is 9.97 Å². The molecular formula is C18H25N3O. The summed E-state index contributed by atoms with van der Waals surface area (Å²) in [4.78, 5) is 8.67. The maximum Gasteiger partial charge on any atom is 0.132 e. The zero-order chi connectivity index (χ0) is 15.8. The third-order valence-corrected chi connectivity index (χ3v) is 3.69. The summed E-state index contributed by atoms with van der Waals surface area (Å²) in [5, 5.41) is 3.38. The lowest BCUT2D eigenvalue weighted by Gasteiger charge is -2.13. The minimum absolute atomic E-state index is 0.612. The van der Waals surface area contributed by atoms with Gasteiger partial charge >= 0.3 is 0 Å². The Hall–Kier alpha value is -2.10. The molecule has 0 unspecified atom stereocenters. The van der Waals surface area contributed by atoms with Crippen LogP contribution in [0.4, 0.5) is 5.82 Å². The average molecular weight is 299 g/mol. The molecular weight excluding hydrogens is 274 g/mol. The van der Waals surface area contributed by atoms with E-state index in [2.05, 4.69) is 35.2 Å². The number of hydrogen-bond donors (Lipinski definition) is 1. The van der Waals surface area contributed by atoms with Gasteiger partial charge in [0.05, 0.1) is 6.54 Å². The minimum atomic E-state index is 0.612. The Balaban J connectivity index is 1.89. The number of nitrogens with one attached hydrogen (secondary N) is 1. The van der Waals surface area contributed by atoms with Crippen LogP contribution >= 0.6 is 0 Å². The highest BCUT2D eigenvalue weighted by Gasteiger charge is 2.07. The Kier molecular flexibility index (Phi) is 6.19. The molecule has 0 fully saturated rings. The number of rotatable bonds is 8. The van der Waals surface area contributed by atoms with E-state index in [4.69, 9.17) is 4.74 Å². The number of nitrogens with zero attached hydrogens (tertiary/aromatic N) is 2. The molecule has 4 nitrogen and oxygen atoms in total. The van der Waals surface area contributed by atoms with Crippen molar-refractivity contribution < 1.29 is 4.74 Å². The lowest BCUT2D eigenvalue weighted by Crippen LogP contribution is -2.15. The maximum absolute atomic E-state index is 5.80. The summed E-state index contributed by atoms with van der Waals surface area (Å²) >= 11 is 0. The fraction of sp³-hybridized carbons (Fsp3) is 0.444. The molecule has 1 aromatic heterocycles. The van der Waals surface area contributed by atoms with Gasteiger partial charge in [0, 0.05) is 11.3 Å². The SMILES string of the molecule is CCCCc1c(C)ncnc1NCCOc1ccccc1C. The predicted octanol–water partition coefficient (Wildman–Crippen LogP) is 3.93. The molecule has 0 bridgehead atoms. The van der Waals surface area contributed by atoms with Crippen molar-refractivity contribution in [3.63, 3.8) is 0 Å². The molecule has 0 aliphatic heterocycles. The van der Waals surface area contributed by atoms with Crippen LogP contribution in [0.5, 0.6) is 5.75 Å². The van der Waals surface area contributed by atoms with E-state index < -0.39 is 0 Å². The summed E-state index contributed by atoms with van der Waals surface area (Å²) in [6.45, 7) is 7.63. The van der Waals surface area contributed by atoms with Gasteiger partial charge in [-0.3, -0.25) is 0 Å². The van der Waals surface area contributed by atoms with Crippen molar-refractivity contribution in [3.05, 3.63) is 47.4 Å². The Morgan fingerprint density at radius 1 is 1.14 bits per heavy atom. The van der Waals surface area contributed by atoms with Crippen LogP contribution in [0.3, 0.4) is 0 Å². The molecule has 1 heterocycles. The fourth-order valence-electron chi connectivity index (χ4n) is 2.35. The Morgan fingerprint density at radius 2 is 1.95 bits per heavy atom. The standard InChI is InChI=1S/C18H25N3O/c1-4-5-9-16-15(3)20-13-21-18(16)19-11-12-22-17-10-7-6-8-14(17)2/h6-8,10,13H,4-5,9,11-12H2,1-3H3,(H,19,20,21). The van der Waals surface area contributed by atoms with E-state index in [1.807, 2.05) is 25.1 Å². The molecule has 1 aromatic carbocycles. The third-order valence-electron chi connectivity index (χ3n) is 3.69. The second kappa shape index (κ2) is 8.37. The second-order valence-electron chi connectivity index (χ2n) is 5.43. The summed E-state index contributed by atoms with van der Waals surface area (Å²) in [6.07, 6.45) is 4.96. The number of unbranched alkanes of at least 4 members (excludes halogenated alkanes) is 1. The quantitative estimate of drug-likeness (QED) is 0.750. The van der Waals surface area contributed by atoms with Gasteiger partial charge in [-0.1, -0.05) is 31.5 Å². The predicted molar refractivity (Wildman–Crippen MR) is 90.5 cm³/mol. The van der Waals surface area contributed by atoms with Crippen LogP contribution in [0.25, 0.3) is 0 Å². The molecule has 118 valence electrons. The van der Waals surface area contributed by atoms with Crippen molar-refractivity contribution in [1.29, 1.82) is 0 Å². The van der Waals surface area contributed by atoms with E-state index in [0.717, 1.165) is 42.2 Å². The first-order valence-corrected chi connectivity index (χ1v) is 7.95. The van der Waals surface area contributed by atoms with Gasteiger partial charge in [0.25, 0.3) is 0 Å². The molecule has 1 N–H and O–H groups in total. The van der Waals surface area contributed by atoms with E-state index in [1.165, 1.54) is 12.0 Å². The Bertz CT molecular complexity index is 599. The van der Waals surface area contributed by atoms with E-state index in [0.29, 0.717) is 6.61 Å². The van der Waals surface area contributed by atoms with Gasteiger partial charge in [-0.2, -0.15) is 0 Å². The van der Waals surface area contributed by atoms with Gasteiger partial charge in [-0.25, -0.2) is 9.97 Å². The van der Waals surface area contributed by atoms with Crippen LogP contribution < -0.4 is 10.1 Å². The number of para-hydroxylation sites is 1. The number of aromatic nitrogens is 2. The molecule has 0 saturated heterocycles. The van der Waals surface area contributed by atoms with Crippen LogP contribution in [-0.4, -0.2) is 23.1 Å². The summed E-state index contributed by atoms with van der Waals surface area (Å²) in [5.41, 5.74) is 3.44. The van der Waals surface area contributed by atoms with E-state index in [9.17, 15) is 0 Å². The topological polar surface area (TPSA) is 47.0 Å². The van der Waals surface area contributed by atoms with Crippen LogP contribution in [0.1, 0.15) is 36.6 Å². The number of anilines is 1. The fourth-order valence-corrected chi connectivity index (χ4v) is 2.35. The smallest absolute Gasteiger partial charge is 0.132 e. The molecule has 0 radical (unpaired) electrons. The molecule has 0 amide bonds. The van der Waals surface area contributed by atoms with Crippen molar-refractivity contribution in [2.75, 3.05) is 18.5 Å². The first-order valence-electron chi connectivity index (χ1n) is 7.95. The van der Waals surface area contributed by atoms with E-state index in [1.54, 1.807) is 6.33 Å². The van der Waals surface area contributed by atoms with Crippen LogP contribution in [0.15, 0.2) is 30.6 Å². The van der Waals surface area contributed by atoms with Crippen LogP contribution in [0, 0.1) is 13.8 Å². The van der Waals surface area contributed by atoms with Crippen molar-refractivity contribution in [3.8, 4) is 5.75 Å². The zero-order valence-corrected chi connectivity index (χ0v) is 13.7. The minimum Gasteiger partial charge on any atom is -0.491 e. The average Bonchev–Trinajstić information content (AvgIpc) is 2.52. The number of hydrogen-bond acceptors (Lipinski definition) is 4. The summed E-state index contributed by atoms with van der Waals surface area (Å²) in [5.74, 6) is 1.88. The molecule has 2 aromatic rings. The number of benzene rings is 1. The van der Waals surface area contributed by atoms with E-state index in [-0.39, 0.29) is 0 Å². The summed E-state index contributed by atoms with van der Waals surface area (Å²) in [6, 6.07) is 8.06. The molecule has 22 heavy (non-hydrogen) atoms. The van der Waals surface area contributed by atoms with Gasteiger partial charge in [0.15, 0.2) is 0 Å². The Morgan fingerprint density at radius 3 is 2.73 bits per heavy atom. The summed E-state index contributed by atoms with van der Waals surface area (Å²) < 4.78 is 5.80. The van der Waals surface area contributed by atoms with Crippen molar-refractivity contribution in [2.45, 2.75) is 40.0 Å². The normalized spacial score (nSPS) is 10.5. The molecule has 0 saturated carbocycles. The second-order valence-corrected chi connectivity index (χ2v) is 5.43. The zero-order valence-electron chi connectivity index (χ0n) is 13.7. The van der Waals surface area contributed by atoms with Gasteiger partial charge < -0.3 is 10.1 Å². The molecule has 0 atom stereocenters. The molecule has 4 heteroatoms. The van der Waals surface area contributed by atoms with Crippen molar-refractivity contribution >= 4 is 5.82 Å².